The number of benzene rings is 1. The van der Waals surface area contributed by atoms with Crippen LogP contribution in [0, 0.1) is 17.2 Å². The topological polar surface area (TPSA) is 60.6 Å². The molecule has 23 heavy (non-hydrogen) atoms. The van der Waals surface area contributed by atoms with E-state index in [4.69, 9.17) is 10.00 Å². The van der Waals surface area contributed by atoms with Gasteiger partial charge in [0.2, 0.25) is 0 Å². The Labute approximate surface area is 137 Å². The molecule has 3 rings (SSSR count). The van der Waals surface area contributed by atoms with Crippen LogP contribution in [0.5, 0.6) is 5.75 Å². The van der Waals surface area contributed by atoms with Gasteiger partial charge in [0, 0.05) is 18.9 Å². The van der Waals surface area contributed by atoms with E-state index in [2.05, 4.69) is 21.3 Å². The Morgan fingerprint density at radius 2 is 2.13 bits per heavy atom. The minimum atomic E-state index is 0.560. The quantitative estimate of drug-likeness (QED) is 0.905. The third-order valence-electron chi connectivity index (χ3n) is 4.35. The molecule has 0 unspecified atom stereocenters. The van der Waals surface area contributed by atoms with Crippen molar-refractivity contribution in [2.24, 2.45) is 10.9 Å². The van der Waals surface area contributed by atoms with E-state index in [0.29, 0.717) is 23.8 Å². The summed E-state index contributed by atoms with van der Waals surface area (Å²) in [5, 5.41) is 12.3. The maximum Gasteiger partial charge on any atom is 0.137 e. The van der Waals surface area contributed by atoms with Crippen molar-refractivity contribution < 1.29 is 4.74 Å². The molecule has 120 valence electrons. The molecule has 0 aliphatic carbocycles. The van der Waals surface area contributed by atoms with Crippen LogP contribution in [0.15, 0.2) is 41.7 Å². The molecule has 5 nitrogen and oxygen atoms in total. The van der Waals surface area contributed by atoms with Gasteiger partial charge in [0.25, 0.3) is 0 Å². The minimum absolute atomic E-state index is 0.560. The number of nitrogens with one attached hydrogen (secondary N) is 1. The van der Waals surface area contributed by atoms with E-state index < -0.39 is 0 Å². The summed E-state index contributed by atoms with van der Waals surface area (Å²) in [5.74, 6) is 1.26. The van der Waals surface area contributed by atoms with Crippen LogP contribution in [-0.2, 0) is 0 Å². The van der Waals surface area contributed by atoms with Gasteiger partial charge in [-0.15, -0.1) is 0 Å². The molecule has 2 aliphatic rings. The molecular weight excluding hydrogens is 288 g/mol. The van der Waals surface area contributed by atoms with Crippen LogP contribution in [0.25, 0.3) is 0 Å². The second-order valence-corrected chi connectivity index (χ2v) is 6.03. The van der Waals surface area contributed by atoms with Crippen molar-refractivity contribution in [1.29, 1.82) is 5.26 Å². The number of aliphatic imine (C=N–C) groups is 1. The number of nitrogens with zero attached hydrogens (tertiary/aromatic N) is 3. The van der Waals surface area contributed by atoms with E-state index in [-0.39, 0.29) is 0 Å². The van der Waals surface area contributed by atoms with E-state index in [1.54, 1.807) is 6.07 Å². The maximum absolute atomic E-state index is 9.09. The number of ether oxygens (including phenoxy) is 1. The first-order valence-electron chi connectivity index (χ1n) is 8.13. The highest BCUT2D eigenvalue weighted by Crippen LogP contribution is 2.21. The molecule has 0 saturated carbocycles. The van der Waals surface area contributed by atoms with Crippen LogP contribution in [0.2, 0.25) is 0 Å². The van der Waals surface area contributed by atoms with Crippen molar-refractivity contribution >= 4 is 5.71 Å². The fourth-order valence-corrected chi connectivity index (χ4v) is 2.98. The smallest absolute Gasteiger partial charge is 0.137 e. The number of rotatable bonds is 5. The third-order valence-corrected chi connectivity index (χ3v) is 4.35. The lowest BCUT2D eigenvalue weighted by molar-refractivity contribution is 0.152. The van der Waals surface area contributed by atoms with Crippen LogP contribution in [0.1, 0.15) is 18.4 Å². The Kier molecular flexibility index (Phi) is 5.28. The number of likely N-dealkylation sites (tertiary alicyclic amines) is 1. The van der Waals surface area contributed by atoms with Gasteiger partial charge < -0.3 is 10.1 Å². The summed E-state index contributed by atoms with van der Waals surface area (Å²) < 4.78 is 5.87. The summed E-state index contributed by atoms with van der Waals surface area (Å²) in [4.78, 5) is 6.87. The monoisotopic (exact) mass is 310 g/mol. The second kappa shape index (κ2) is 7.80. The van der Waals surface area contributed by atoms with E-state index in [1.165, 1.54) is 5.71 Å². The zero-order valence-corrected chi connectivity index (χ0v) is 13.2. The van der Waals surface area contributed by atoms with Crippen LogP contribution in [0.3, 0.4) is 0 Å². The summed E-state index contributed by atoms with van der Waals surface area (Å²) in [5.41, 5.74) is 1.81. The Morgan fingerprint density at radius 1 is 1.30 bits per heavy atom. The molecule has 0 bridgehead atoms. The number of piperidine rings is 1. The van der Waals surface area contributed by atoms with Gasteiger partial charge in [-0.1, -0.05) is 12.1 Å². The zero-order valence-electron chi connectivity index (χ0n) is 13.2. The summed E-state index contributed by atoms with van der Waals surface area (Å²) >= 11 is 0. The summed E-state index contributed by atoms with van der Waals surface area (Å²) in [6.45, 7) is 4.65. The first kappa shape index (κ1) is 15.6. The van der Waals surface area contributed by atoms with E-state index in [1.807, 2.05) is 30.6 Å². The van der Waals surface area contributed by atoms with E-state index >= 15 is 0 Å². The van der Waals surface area contributed by atoms with Gasteiger partial charge in [0.05, 0.1) is 24.4 Å². The molecule has 0 atom stereocenters. The van der Waals surface area contributed by atoms with Crippen LogP contribution < -0.4 is 10.1 Å². The Balaban J connectivity index is 1.43. The van der Waals surface area contributed by atoms with E-state index in [9.17, 15) is 0 Å². The number of nitriles is 1. The first-order chi connectivity index (χ1) is 11.3. The predicted octanol–water partition coefficient (Wildman–Crippen LogP) is 2.16. The molecule has 5 heteroatoms. The van der Waals surface area contributed by atoms with Crippen molar-refractivity contribution in [3.05, 3.63) is 42.2 Å². The average Bonchev–Trinajstić information content (AvgIpc) is 2.62. The van der Waals surface area contributed by atoms with Crippen molar-refractivity contribution in [1.82, 2.24) is 10.2 Å². The van der Waals surface area contributed by atoms with Crippen molar-refractivity contribution in [3.63, 3.8) is 0 Å². The number of para-hydroxylation sites is 1. The lowest BCUT2D eigenvalue weighted by atomic mass is 9.97. The van der Waals surface area contributed by atoms with Gasteiger partial charge in [-0.2, -0.15) is 5.26 Å². The van der Waals surface area contributed by atoms with E-state index in [0.717, 1.165) is 39.0 Å². The van der Waals surface area contributed by atoms with Gasteiger partial charge in [-0.05, 0) is 44.0 Å². The number of hydrogen-bond acceptors (Lipinski definition) is 5. The second-order valence-electron chi connectivity index (χ2n) is 6.03. The molecule has 1 aromatic carbocycles. The maximum atomic E-state index is 9.09. The molecule has 1 N–H and O–H groups in total. The molecule has 0 amide bonds. The predicted molar refractivity (Wildman–Crippen MR) is 90.4 cm³/mol. The lowest BCUT2D eigenvalue weighted by Crippen LogP contribution is -2.41. The normalized spacial score (nSPS) is 18.8. The average molecular weight is 310 g/mol. The highest BCUT2D eigenvalue weighted by molar-refractivity contribution is 5.89. The molecular formula is C18H22N4O. The van der Waals surface area contributed by atoms with Gasteiger partial charge in [-0.25, -0.2) is 0 Å². The van der Waals surface area contributed by atoms with Gasteiger partial charge in [0.1, 0.15) is 11.8 Å². The van der Waals surface area contributed by atoms with Crippen LogP contribution in [-0.4, -0.2) is 43.4 Å². The molecule has 0 aromatic heterocycles. The fourth-order valence-electron chi connectivity index (χ4n) is 2.98. The van der Waals surface area contributed by atoms with Crippen LogP contribution >= 0.6 is 0 Å². The molecule has 0 radical (unpaired) electrons. The molecule has 1 saturated heterocycles. The summed E-state index contributed by atoms with van der Waals surface area (Å²) in [6, 6.07) is 9.62. The highest BCUT2D eigenvalue weighted by Gasteiger charge is 2.21. The SMILES string of the molecule is N#Cc1ccccc1OCC1CCN(CC2=NC=CNC2)CC1. The zero-order chi connectivity index (χ0) is 15.9. The van der Waals surface area contributed by atoms with Crippen LogP contribution in [0.4, 0.5) is 0 Å². The van der Waals surface area contributed by atoms with Gasteiger partial charge >= 0.3 is 0 Å². The molecule has 1 fully saturated rings. The van der Waals surface area contributed by atoms with Gasteiger partial charge in [0.15, 0.2) is 0 Å². The molecule has 0 spiro atoms. The Bertz CT molecular complexity index is 624. The molecule has 2 aliphatic heterocycles. The Hall–Kier alpha value is -2.32. The standard InChI is InChI=1S/C18H22N4O/c19-11-16-3-1-2-4-18(16)23-14-15-5-9-22(10-6-15)13-17-12-20-7-8-21-17/h1-4,7-8,15,20H,5-6,9-10,12-14H2. The van der Waals surface area contributed by atoms with Crippen molar-refractivity contribution in [2.45, 2.75) is 12.8 Å². The largest absolute Gasteiger partial charge is 0.492 e. The van der Waals surface area contributed by atoms with Crippen molar-refractivity contribution in [2.75, 3.05) is 32.8 Å². The highest BCUT2D eigenvalue weighted by atomic mass is 16.5. The molecule has 2 heterocycles. The Morgan fingerprint density at radius 3 is 2.87 bits per heavy atom. The lowest BCUT2D eigenvalue weighted by Gasteiger charge is -2.32. The third kappa shape index (κ3) is 4.33. The summed E-state index contributed by atoms with van der Waals surface area (Å²) in [7, 11) is 0. The van der Waals surface area contributed by atoms with Crippen molar-refractivity contribution in [3.8, 4) is 11.8 Å². The molecule has 1 aromatic rings. The first-order valence-corrected chi connectivity index (χ1v) is 8.13. The minimum Gasteiger partial charge on any atom is -0.492 e. The summed E-state index contributed by atoms with van der Waals surface area (Å²) in [6.07, 6.45) is 5.97. The van der Waals surface area contributed by atoms with Gasteiger partial charge in [-0.3, -0.25) is 9.89 Å². The fraction of sp³-hybridized carbons (Fsp3) is 0.444. The number of hydrogen-bond donors (Lipinski definition) is 1.